The van der Waals surface area contributed by atoms with Crippen LogP contribution in [0.3, 0.4) is 0 Å². The summed E-state index contributed by atoms with van der Waals surface area (Å²) in [6.07, 6.45) is 0.309. The standard InChI is InChI=1S/C36H52N4O7/c1-23(2)18-28(39-36(45)47-22-27-16-12-9-13-17-27)31(41)21-37-29(19-24(3)4)33(42)40-32(25(5)6)34(43)38-30(35(44)46-7)20-26-14-10-8-11-15-26/h8-17,23-25,28-30,32,37H,18-22H2,1-7H3,(H,38,43)(H,39,45)(H,40,42)/t28-,29-,30-,32-/m0/s1. The molecule has 4 N–H and O–H groups in total. The maximum absolute atomic E-state index is 13.6. The van der Waals surface area contributed by atoms with Gasteiger partial charge < -0.3 is 25.4 Å². The molecule has 0 aliphatic heterocycles. The van der Waals surface area contributed by atoms with E-state index >= 15 is 0 Å². The van der Waals surface area contributed by atoms with Gasteiger partial charge in [0.05, 0.1) is 25.7 Å². The van der Waals surface area contributed by atoms with Gasteiger partial charge in [-0.3, -0.25) is 19.7 Å². The van der Waals surface area contributed by atoms with E-state index < -0.39 is 48.0 Å². The van der Waals surface area contributed by atoms with Crippen molar-refractivity contribution in [3.8, 4) is 0 Å². The number of rotatable bonds is 19. The average molecular weight is 653 g/mol. The molecule has 4 atom stereocenters. The number of methoxy groups -OCH3 is 1. The van der Waals surface area contributed by atoms with Crippen molar-refractivity contribution in [3.05, 3.63) is 71.8 Å². The lowest BCUT2D eigenvalue weighted by Gasteiger charge is -2.28. The molecule has 2 aromatic carbocycles. The van der Waals surface area contributed by atoms with E-state index in [9.17, 15) is 24.0 Å². The van der Waals surface area contributed by atoms with Gasteiger partial charge >= 0.3 is 12.1 Å². The highest BCUT2D eigenvalue weighted by Crippen LogP contribution is 2.12. The Balaban J connectivity index is 2.08. The second-order valence-electron chi connectivity index (χ2n) is 12.9. The number of amides is 3. The van der Waals surface area contributed by atoms with Gasteiger partial charge in [0.1, 0.15) is 18.7 Å². The molecule has 3 amide bonds. The Morgan fingerprint density at radius 1 is 0.660 bits per heavy atom. The summed E-state index contributed by atoms with van der Waals surface area (Å²) in [5.41, 5.74) is 1.66. The molecule has 0 aliphatic rings. The average Bonchev–Trinajstić information content (AvgIpc) is 3.03. The molecule has 0 heterocycles. The lowest BCUT2D eigenvalue weighted by molar-refractivity contribution is -0.145. The highest BCUT2D eigenvalue weighted by molar-refractivity contribution is 5.93. The van der Waals surface area contributed by atoms with Crippen molar-refractivity contribution < 1.29 is 33.4 Å². The zero-order valence-corrected chi connectivity index (χ0v) is 28.7. The number of hydrogen-bond donors (Lipinski definition) is 4. The molecule has 0 fully saturated rings. The van der Waals surface area contributed by atoms with Crippen LogP contribution in [0.1, 0.15) is 65.5 Å². The van der Waals surface area contributed by atoms with Crippen molar-refractivity contribution >= 4 is 29.7 Å². The van der Waals surface area contributed by atoms with Crippen LogP contribution >= 0.6 is 0 Å². The Morgan fingerprint density at radius 2 is 1.21 bits per heavy atom. The first-order valence-electron chi connectivity index (χ1n) is 16.3. The van der Waals surface area contributed by atoms with E-state index in [-0.39, 0.29) is 43.1 Å². The third-order valence-corrected chi connectivity index (χ3v) is 7.48. The normalized spacial score (nSPS) is 13.7. The van der Waals surface area contributed by atoms with E-state index in [2.05, 4.69) is 21.3 Å². The van der Waals surface area contributed by atoms with Gasteiger partial charge in [-0.15, -0.1) is 0 Å². The van der Waals surface area contributed by atoms with Crippen LogP contribution < -0.4 is 21.3 Å². The second-order valence-corrected chi connectivity index (χ2v) is 12.9. The molecule has 0 aliphatic carbocycles. The van der Waals surface area contributed by atoms with Crippen LogP contribution in [0.4, 0.5) is 4.79 Å². The van der Waals surface area contributed by atoms with E-state index in [4.69, 9.17) is 9.47 Å². The smallest absolute Gasteiger partial charge is 0.408 e. The van der Waals surface area contributed by atoms with Gasteiger partial charge in [0, 0.05) is 6.42 Å². The molecule has 47 heavy (non-hydrogen) atoms. The molecule has 11 nitrogen and oxygen atoms in total. The summed E-state index contributed by atoms with van der Waals surface area (Å²) in [5, 5.41) is 11.3. The molecule has 2 aromatic rings. The Kier molecular flexibility index (Phi) is 16.6. The number of ketones is 1. The second kappa shape index (κ2) is 20.1. The van der Waals surface area contributed by atoms with Crippen molar-refractivity contribution in [2.75, 3.05) is 13.7 Å². The molecule has 0 aromatic heterocycles. The van der Waals surface area contributed by atoms with Gasteiger partial charge in [0.25, 0.3) is 0 Å². The summed E-state index contributed by atoms with van der Waals surface area (Å²) in [6.45, 7) is 11.3. The lowest BCUT2D eigenvalue weighted by Crippen LogP contribution is -2.58. The van der Waals surface area contributed by atoms with Gasteiger partial charge in [-0.25, -0.2) is 9.59 Å². The number of esters is 1. The zero-order valence-electron chi connectivity index (χ0n) is 28.7. The number of Topliss-reactive ketones (excluding diaryl/α,β-unsaturated/α-hetero) is 1. The summed E-state index contributed by atoms with van der Waals surface area (Å²) < 4.78 is 10.3. The van der Waals surface area contributed by atoms with Crippen molar-refractivity contribution in [3.63, 3.8) is 0 Å². The molecular formula is C36H52N4O7. The van der Waals surface area contributed by atoms with E-state index in [0.29, 0.717) is 12.8 Å². The minimum atomic E-state index is -0.952. The summed E-state index contributed by atoms with van der Waals surface area (Å²) in [5.74, 6) is -1.97. The topological polar surface area (TPSA) is 152 Å². The number of nitrogens with one attached hydrogen (secondary N) is 4. The minimum Gasteiger partial charge on any atom is -0.467 e. The maximum Gasteiger partial charge on any atom is 0.408 e. The third-order valence-electron chi connectivity index (χ3n) is 7.48. The molecule has 0 saturated carbocycles. The van der Waals surface area contributed by atoms with E-state index in [1.165, 1.54) is 7.11 Å². The molecular weight excluding hydrogens is 600 g/mol. The predicted octanol–water partition coefficient (Wildman–Crippen LogP) is 3.94. The molecule has 258 valence electrons. The van der Waals surface area contributed by atoms with Crippen molar-refractivity contribution in [2.45, 2.75) is 91.6 Å². The number of ether oxygens (including phenoxy) is 2. The van der Waals surface area contributed by atoms with Crippen LogP contribution in [0.15, 0.2) is 60.7 Å². The number of carbonyl (C=O) groups excluding carboxylic acids is 5. The fourth-order valence-electron chi connectivity index (χ4n) is 4.99. The zero-order chi connectivity index (χ0) is 34.9. The van der Waals surface area contributed by atoms with Crippen LogP contribution in [0.5, 0.6) is 0 Å². The van der Waals surface area contributed by atoms with E-state index in [1.54, 1.807) is 13.8 Å². The molecule has 0 radical (unpaired) electrons. The number of carbonyl (C=O) groups is 5. The summed E-state index contributed by atoms with van der Waals surface area (Å²) in [6, 6.07) is 15.0. The highest BCUT2D eigenvalue weighted by Gasteiger charge is 2.32. The van der Waals surface area contributed by atoms with Crippen molar-refractivity contribution in [1.82, 2.24) is 21.3 Å². The fourth-order valence-corrected chi connectivity index (χ4v) is 4.99. The highest BCUT2D eigenvalue weighted by atomic mass is 16.5. The van der Waals surface area contributed by atoms with Crippen molar-refractivity contribution in [2.24, 2.45) is 17.8 Å². The SMILES string of the molecule is COC(=O)[C@H](Cc1ccccc1)NC(=O)[C@@H](NC(=O)[C@H](CC(C)C)NCC(=O)[C@H](CC(C)C)NC(=O)OCc1ccccc1)C(C)C. The van der Waals surface area contributed by atoms with Crippen LogP contribution in [-0.2, 0) is 41.7 Å². The summed E-state index contributed by atoms with van der Waals surface area (Å²) in [7, 11) is 1.26. The van der Waals surface area contributed by atoms with E-state index in [0.717, 1.165) is 11.1 Å². The first-order chi connectivity index (χ1) is 22.3. The molecule has 2 rings (SSSR count). The Labute approximate surface area is 278 Å². The lowest BCUT2D eigenvalue weighted by atomic mass is 9.98. The molecule has 0 bridgehead atoms. The Morgan fingerprint density at radius 3 is 1.74 bits per heavy atom. The first kappa shape index (κ1) is 38.9. The van der Waals surface area contributed by atoms with Crippen molar-refractivity contribution in [1.29, 1.82) is 0 Å². The van der Waals surface area contributed by atoms with E-state index in [1.807, 2.05) is 88.4 Å². The Hall–Kier alpha value is -4.25. The quantitative estimate of drug-likeness (QED) is 0.167. The number of hydrogen-bond acceptors (Lipinski definition) is 8. The maximum atomic E-state index is 13.6. The number of alkyl carbamates (subject to hydrolysis) is 1. The fraction of sp³-hybridized carbons (Fsp3) is 0.528. The number of benzene rings is 2. The molecule has 11 heteroatoms. The summed E-state index contributed by atoms with van der Waals surface area (Å²) in [4.78, 5) is 65.4. The molecule has 0 spiro atoms. The van der Waals surface area contributed by atoms with Crippen LogP contribution in [0.2, 0.25) is 0 Å². The van der Waals surface area contributed by atoms with Gasteiger partial charge in [-0.2, -0.15) is 0 Å². The van der Waals surface area contributed by atoms with Crippen LogP contribution in [0.25, 0.3) is 0 Å². The third kappa shape index (κ3) is 14.4. The largest absolute Gasteiger partial charge is 0.467 e. The van der Waals surface area contributed by atoms with Gasteiger partial charge in [0.15, 0.2) is 5.78 Å². The monoisotopic (exact) mass is 652 g/mol. The van der Waals surface area contributed by atoms with Crippen LogP contribution in [0, 0.1) is 17.8 Å². The molecule has 0 saturated heterocycles. The van der Waals surface area contributed by atoms with Gasteiger partial charge in [0.2, 0.25) is 11.8 Å². The van der Waals surface area contributed by atoms with Crippen LogP contribution in [-0.4, -0.2) is 67.5 Å². The minimum absolute atomic E-state index is 0.0708. The first-order valence-corrected chi connectivity index (χ1v) is 16.3. The molecule has 0 unspecified atom stereocenters. The summed E-state index contributed by atoms with van der Waals surface area (Å²) >= 11 is 0. The Bertz CT molecular complexity index is 1280. The van der Waals surface area contributed by atoms with Gasteiger partial charge in [-0.1, -0.05) is 102 Å². The van der Waals surface area contributed by atoms with Gasteiger partial charge in [-0.05, 0) is 41.7 Å². The predicted molar refractivity (Wildman–Crippen MR) is 180 cm³/mol.